The van der Waals surface area contributed by atoms with Gasteiger partial charge in [-0.2, -0.15) is 0 Å². The van der Waals surface area contributed by atoms with Crippen LogP contribution in [0.4, 0.5) is 0 Å². The fraction of sp³-hybridized carbons (Fsp3) is 0.440. The third-order valence-electron chi connectivity index (χ3n) is 7.55. The minimum Gasteiger partial charge on any atom is -0.504 e. The molecule has 2 atom stereocenters. The number of benzene rings is 3. The highest BCUT2D eigenvalue weighted by Gasteiger charge is 2.45. The summed E-state index contributed by atoms with van der Waals surface area (Å²) in [7, 11) is 4.92. The van der Waals surface area contributed by atoms with Gasteiger partial charge >= 0.3 is 0 Å². The number of hydrogen-bond donors (Lipinski definition) is 2. The molecule has 0 saturated carbocycles. The molecule has 3 N–H and O–H groups in total. The van der Waals surface area contributed by atoms with E-state index in [0.717, 1.165) is 45.9 Å². The molecule has 2 heterocycles. The van der Waals surface area contributed by atoms with Gasteiger partial charge in [0.15, 0.2) is 23.0 Å². The van der Waals surface area contributed by atoms with Crippen molar-refractivity contribution < 1.29 is 23.8 Å². The van der Waals surface area contributed by atoms with Gasteiger partial charge in [0.1, 0.15) is 6.54 Å². The van der Waals surface area contributed by atoms with Crippen LogP contribution < -0.4 is 19.9 Å². The monoisotopic (exact) mass is 423 g/mol. The van der Waals surface area contributed by atoms with Gasteiger partial charge in [-0.05, 0) is 51.4 Å². The highest BCUT2D eigenvalue weighted by Crippen LogP contribution is 2.47. The van der Waals surface area contributed by atoms with Gasteiger partial charge in [0, 0.05) is 31.4 Å². The van der Waals surface area contributed by atoms with Crippen molar-refractivity contribution in [2.45, 2.75) is 31.8 Å². The minimum absolute atomic E-state index is 0.172. The van der Waals surface area contributed by atoms with Gasteiger partial charge in [-0.25, -0.2) is 0 Å². The van der Waals surface area contributed by atoms with Gasteiger partial charge in [-0.15, -0.1) is 0 Å². The highest BCUT2D eigenvalue weighted by molar-refractivity contribution is 6.12. The predicted molar refractivity (Wildman–Crippen MR) is 122 cm³/mol. The predicted octanol–water partition coefficient (Wildman–Crippen LogP) is 3.72. The van der Waals surface area contributed by atoms with E-state index < -0.39 is 0 Å². The molecule has 0 amide bonds. The number of ether oxygens (including phenoxy) is 3. The molecule has 1 fully saturated rings. The molecule has 164 valence electrons. The van der Waals surface area contributed by atoms with Crippen LogP contribution in [0.1, 0.15) is 24.0 Å². The number of quaternary nitrogens is 1. The quantitative estimate of drug-likeness (QED) is 0.483. The summed E-state index contributed by atoms with van der Waals surface area (Å²) in [6.45, 7) is 3.82. The first-order valence-electron chi connectivity index (χ1n) is 11.0. The minimum atomic E-state index is 0.172. The summed E-state index contributed by atoms with van der Waals surface area (Å²) < 4.78 is 17.8. The standard InChI is InChI=1S/C25H30N2O4/c1-29-23-11-18-17(10-22(23)28)21-14-27(8-6-26)7-4-5-15(27)9-16(21)19-12-24(30-2)25(31-3)13-20(18)19/h10-13,15H,4-9,14,26H2,1-3H3/p+1/t15-,27-/m1/s1. The number of aromatic hydroxyl groups is 1. The zero-order valence-corrected chi connectivity index (χ0v) is 18.5. The maximum atomic E-state index is 10.6. The van der Waals surface area contributed by atoms with E-state index in [1.54, 1.807) is 21.3 Å². The molecular weight excluding hydrogens is 392 g/mol. The van der Waals surface area contributed by atoms with Crippen molar-refractivity contribution in [3.63, 3.8) is 0 Å². The van der Waals surface area contributed by atoms with Crippen molar-refractivity contribution in [3.05, 3.63) is 35.4 Å². The lowest BCUT2D eigenvalue weighted by Crippen LogP contribution is -2.56. The van der Waals surface area contributed by atoms with Crippen molar-refractivity contribution in [2.75, 3.05) is 41.0 Å². The molecule has 2 aliphatic heterocycles. The summed E-state index contributed by atoms with van der Waals surface area (Å²) >= 11 is 0. The van der Waals surface area contributed by atoms with Crippen LogP contribution in [-0.4, -0.2) is 56.6 Å². The summed E-state index contributed by atoms with van der Waals surface area (Å²) in [5, 5.41) is 15.1. The summed E-state index contributed by atoms with van der Waals surface area (Å²) in [6.07, 6.45) is 3.49. The molecule has 3 aromatic rings. The largest absolute Gasteiger partial charge is 0.504 e. The van der Waals surface area contributed by atoms with Gasteiger partial charge < -0.3 is 29.5 Å². The second-order valence-electron chi connectivity index (χ2n) is 8.89. The first kappa shape index (κ1) is 20.2. The van der Waals surface area contributed by atoms with Gasteiger partial charge in [0.2, 0.25) is 0 Å². The smallest absolute Gasteiger partial charge is 0.161 e. The lowest BCUT2D eigenvalue weighted by atomic mass is 9.83. The fourth-order valence-corrected chi connectivity index (χ4v) is 6.08. The third-order valence-corrected chi connectivity index (χ3v) is 7.55. The van der Waals surface area contributed by atoms with Crippen molar-refractivity contribution in [1.82, 2.24) is 0 Å². The Morgan fingerprint density at radius 3 is 2.16 bits per heavy atom. The molecule has 0 aliphatic carbocycles. The van der Waals surface area contributed by atoms with E-state index in [0.29, 0.717) is 24.1 Å². The highest BCUT2D eigenvalue weighted by atomic mass is 16.5. The maximum absolute atomic E-state index is 10.6. The SMILES string of the molecule is COc1cc2c(cc1O)c1c(c3cc(OC)c(OC)cc32)C[C@H]2CCC[N@@+]2(CCN)C1. The normalized spacial score (nSPS) is 22.4. The number of fused-ring (bicyclic) bond motifs is 7. The van der Waals surface area contributed by atoms with Crippen LogP contribution in [0.3, 0.4) is 0 Å². The molecule has 5 rings (SSSR count). The summed E-state index contributed by atoms with van der Waals surface area (Å²) in [4.78, 5) is 0. The van der Waals surface area contributed by atoms with Crippen LogP contribution in [0.5, 0.6) is 23.0 Å². The number of nitrogens with zero attached hydrogens (tertiary/aromatic N) is 1. The average Bonchev–Trinajstić information content (AvgIpc) is 3.19. The zero-order chi connectivity index (χ0) is 21.8. The Labute approximate surface area is 182 Å². The van der Waals surface area contributed by atoms with E-state index >= 15 is 0 Å². The molecule has 6 nitrogen and oxygen atoms in total. The number of methoxy groups -OCH3 is 3. The number of nitrogens with two attached hydrogens (primary N) is 1. The van der Waals surface area contributed by atoms with Crippen LogP contribution in [0.2, 0.25) is 0 Å². The molecule has 0 unspecified atom stereocenters. The fourth-order valence-electron chi connectivity index (χ4n) is 6.08. The van der Waals surface area contributed by atoms with Crippen LogP contribution in [0.25, 0.3) is 21.5 Å². The van der Waals surface area contributed by atoms with Crippen molar-refractivity contribution in [3.8, 4) is 23.0 Å². The molecule has 2 aliphatic rings. The van der Waals surface area contributed by atoms with Crippen LogP contribution in [0, 0.1) is 0 Å². The van der Waals surface area contributed by atoms with E-state index in [2.05, 4.69) is 12.1 Å². The van der Waals surface area contributed by atoms with Gasteiger partial charge in [-0.1, -0.05) is 0 Å². The second-order valence-corrected chi connectivity index (χ2v) is 8.89. The van der Waals surface area contributed by atoms with E-state index in [9.17, 15) is 5.11 Å². The van der Waals surface area contributed by atoms with Crippen LogP contribution >= 0.6 is 0 Å². The molecule has 0 spiro atoms. The molecule has 1 saturated heterocycles. The molecule has 0 aromatic heterocycles. The van der Waals surface area contributed by atoms with E-state index in [-0.39, 0.29) is 5.75 Å². The molecule has 6 heteroatoms. The number of hydrogen-bond acceptors (Lipinski definition) is 5. The van der Waals surface area contributed by atoms with Crippen molar-refractivity contribution in [1.29, 1.82) is 0 Å². The number of rotatable bonds is 5. The molecule has 31 heavy (non-hydrogen) atoms. The Balaban J connectivity index is 1.88. The summed E-state index contributed by atoms with van der Waals surface area (Å²) in [5.41, 5.74) is 8.75. The second kappa shape index (κ2) is 7.46. The molecule has 0 radical (unpaired) electrons. The Hall–Kier alpha value is -2.70. The maximum Gasteiger partial charge on any atom is 0.161 e. The van der Waals surface area contributed by atoms with Gasteiger partial charge in [-0.3, -0.25) is 0 Å². The Morgan fingerprint density at radius 1 is 0.903 bits per heavy atom. The Kier molecular flexibility index (Phi) is 4.87. The van der Waals surface area contributed by atoms with E-state index in [4.69, 9.17) is 19.9 Å². The zero-order valence-electron chi connectivity index (χ0n) is 18.5. The average molecular weight is 424 g/mol. The third kappa shape index (κ3) is 2.92. The van der Waals surface area contributed by atoms with E-state index in [1.807, 2.05) is 12.1 Å². The molecule has 0 bridgehead atoms. The van der Waals surface area contributed by atoms with Crippen molar-refractivity contribution in [2.24, 2.45) is 5.73 Å². The summed E-state index contributed by atoms with van der Waals surface area (Å²) in [5.74, 6) is 2.09. The van der Waals surface area contributed by atoms with Gasteiger partial charge in [0.05, 0.1) is 40.5 Å². The van der Waals surface area contributed by atoms with E-state index in [1.165, 1.54) is 35.9 Å². The van der Waals surface area contributed by atoms with Gasteiger partial charge in [0.25, 0.3) is 0 Å². The Bertz CT molecular complexity index is 1180. The molecular formula is C25H31N2O4+. The van der Waals surface area contributed by atoms with Crippen LogP contribution in [0.15, 0.2) is 24.3 Å². The summed E-state index contributed by atoms with van der Waals surface area (Å²) in [6, 6.07) is 8.58. The first-order chi connectivity index (χ1) is 15.0. The molecule has 3 aromatic carbocycles. The lowest BCUT2D eigenvalue weighted by molar-refractivity contribution is -0.952. The lowest BCUT2D eigenvalue weighted by Gasteiger charge is -2.44. The first-order valence-corrected chi connectivity index (χ1v) is 11.0. The Morgan fingerprint density at radius 2 is 1.52 bits per heavy atom. The van der Waals surface area contributed by atoms with Crippen molar-refractivity contribution >= 4 is 21.5 Å². The van der Waals surface area contributed by atoms with Crippen LogP contribution in [-0.2, 0) is 13.0 Å². The number of phenols is 1. The topological polar surface area (TPSA) is 73.9 Å². The number of phenolic OH excluding ortho intramolecular Hbond substituents is 1.